The first-order valence-electron chi connectivity index (χ1n) is 6.54. The molecule has 1 aliphatic heterocycles. The van der Waals surface area contributed by atoms with Crippen LogP contribution >= 0.6 is 0 Å². The van der Waals surface area contributed by atoms with Gasteiger partial charge in [0.1, 0.15) is 0 Å². The summed E-state index contributed by atoms with van der Waals surface area (Å²) < 4.78 is 11.4. The van der Waals surface area contributed by atoms with Crippen LogP contribution in [0.1, 0.15) is 39.5 Å². The second kappa shape index (κ2) is 5.03. The molecule has 0 amide bonds. The van der Waals surface area contributed by atoms with Crippen molar-refractivity contribution in [3.63, 3.8) is 0 Å². The van der Waals surface area contributed by atoms with E-state index in [9.17, 15) is 0 Å². The van der Waals surface area contributed by atoms with Crippen molar-refractivity contribution < 1.29 is 9.47 Å². The van der Waals surface area contributed by atoms with E-state index in [-0.39, 0.29) is 17.6 Å². The number of ether oxygens (including phenoxy) is 2. The van der Waals surface area contributed by atoms with E-state index < -0.39 is 0 Å². The molecule has 3 atom stereocenters. The van der Waals surface area contributed by atoms with E-state index in [4.69, 9.17) is 15.2 Å². The van der Waals surface area contributed by atoms with Crippen LogP contribution in [0.2, 0.25) is 0 Å². The van der Waals surface area contributed by atoms with Crippen molar-refractivity contribution in [2.45, 2.75) is 51.7 Å². The van der Waals surface area contributed by atoms with Crippen molar-refractivity contribution in [3.05, 3.63) is 0 Å². The van der Waals surface area contributed by atoms with Crippen molar-refractivity contribution in [1.82, 2.24) is 0 Å². The molecule has 0 spiro atoms. The Hall–Kier alpha value is -0.120. The summed E-state index contributed by atoms with van der Waals surface area (Å²) in [5.41, 5.74) is 6.52. The molecule has 0 aromatic rings. The van der Waals surface area contributed by atoms with E-state index in [1.54, 1.807) is 0 Å². The van der Waals surface area contributed by atoms with Crippen molar-refractivity contribution in [3.8, 4) is 0 Å². The molecule has 0 radical (unpaired) electrons. The molecule has 2 rings (SSSR count). The van der Waals surface area contributed by atoms with Gasteiger partial charge < -0.3 is 15.2 Å². The van der Waals surface area contributed by atoms with E-state index in [0.717, 1.165) is 32.7 Å². The quantitative estimate of drug-likeness (QED) is 0.801. The van der Waals surface area contributed by atoms with E-state index in [2.05, 4.69) is 13.8 Å². The molecule has 0 bridgehead atoms. The monoisotopic (exact) mass is 227 g/mol. The summed E-state index contributed by atoms with van der Waals surface area (Å²) in [4.78, 5) is 0. The minimum Gasteiger partial charge on any atom is -0.381 e. The summed E-state index contributed by atoms with van der Waals surface area (Å²) in [7, 11) is 0. The van der Waals surface area contributed by atoms with E-state index >= 15 is 0 Å². The summed E-state index contributed by atoms with van der Waals surface area (Å²) >= 11 is 0. The Balaban J connectivity index is 1.79. The average Bonchev–Trinajstić information content (AvgIpc) is 2.73. The summed E-state index contributed by atoms with van der Waals surface area (Å²) in [5, 5.41) is 0. The molecule has 0 aromatic carbocycles. The van der Waals surface area contributed by atoms with Gasteiger partial charge in [-0.05, 0) is 24.7 Å². The first-order chi connectivity index (χ1) is 7.59. The van der Waals surface area contributed by atoms with Gasteiger partial charge in [-0.15, -0.1) is 0 Å². The Morgan fingerprint density at radius 3 is 2.88 bits per heavy atom. The zero-order valence-corrected chi connectivity index (χ0v) is 10.6. The molecule has 1 heterocycles. The summed E-state index contributed by atoms with van der Waals surface area (Å²) in [5.74, 6) is 0.595. The van der Waals surface area contributed by atoms with Gasteiger partial charge in [-0.3, -0.25) is 0 Å². The van der Waals surface area contributed by atoms with Crippen LogP contribution in [0, 0.1) is 11.3 Å². The smallest absolute Gasteiger partial charge is 0.0731 e. The van der Waals surface area contributed by atoms with Crippen LogP contribution in [-0.2, 0) is 9.47 Å². The molecule has 2 aliphatic rings. The largest absolute Gasteiger partial charge is 0.381 e. The van der Waals surface area contributed by atoms with Crippen LogP contribution in [0.5, 0.6) is 0 Å². The lowest BCUT2D eigenvalue weighted by molar-refractivity contribution is -0.0384. The molecular weight excluding hydrogens is 202 g/mol. The zero-order chi connectivity index (χ0) is 11.6. The van der Waals surface area contributed by atoms with Gasteiger partial charge in [0.25, 0.3) is 0 Å². The molecule has 2 fully saturated rings. The fourth-order valence-corrected chi connectivity index (χ4v) is 2.77. The molecule has 0 aromatic heterocycles. The Labute approximate surface area is 98.7 Å². The van der Waals surface area contributed by atoms with Crippen molar-refractivity contribution in [1.29, 1.82) is 0 Å². The van der Waals surface area contributed by atoms with Crippen LogP contribution in [0.15, 0.2) is 0 Å². The molecule has 3 nitrogen and oxygen atoms in total. The van der Waals surface area contributed by atoms with E-state index in [1.807, 2.05) is 0 Å². The first kappa shape index (κ1) is 12.3. The highest BCUT2D eigenvalue weighted by Crippen LogP contribution is 2.35. The Morgan fingerprint density at radius 2 is 2.19 bits per heavy atom. The Morgan fingerprint density at radius 1 is 1.38 bits per heavy atom. The zero-order valence-electron chi connectivity index (χ0n) is 10.6. The molecule has 1 aliphatic carbocycles. The van der Waals surface area contributed by atoms with Gasteiger partial charge in [0.2, 0.25) is 0 Å². The molecule has 1 saturated heterocycles. The van der Waals surface area contributed by atoms with E-state index in [1.165, 1.54) is 12.8 Å². The van der Waals surface area contributed by atoms with Crippen molar-refractivity contribution in [2.75, 3.05) is 19.8 Å². The van der Waals surface area contributed by atoms with Crippen LogP contribution < -0.4 is 5.73 Å². The third-order valence-electron chi connectivity index (χ3n) is 4.18. The maximum absolute atomic E-state index is 6.29. The number of hydrogen-bond acceptors (Lipinski definition) is 3. The van der Waals surface area contributed by atoms with Gasteiger partial charge in [0, 0.05) is 18.6 Å². The second-order valence-electron chi connectivity index (χ2n) is 6.01. The van der Waals surface area contributed by atoms with E-state index in [0.29, 0.717) is 5.92 Å². The van der Waals surface area contributed by atoms with Gasteiger partial charge in [0.05, 0.1) is 19.3 Å². The molecule has 94 valence electrons. The first-order valence-corrected chi connectivity index (χ1v) is 6.54. The van der Waals surface area contributed by atoms with Crippen molar-refractivity contribution in [2.24, 2.45) is 17.1 Å². The maximum atomic E-state index is 6.29. The maximum Gasteiger partial charge on any atom is 0.0731 e. The predicted octanol–water partition coefficient (Wildman–Crippen LogP) is 1.95. The topological polar surface area (TPSA) is 44.5 Å². The summed E-state index contributed by atoms with van der Waals surface area (Å²) in [6, 6.07) is 0.184. The predicted molar refractivity (Wildman–Crippen MR) is 64.3 cm³/mol. The fourth-order valence-electron chi connectivity index (χ4n) is 2.77. The molecule has 16 heavy (non-hydrogen) atoms. The van der Waals surface area contributed by atoms with Crippen LogP contribution in [0.25, 0.3) is 0 Å². The van der Waals surface area contributed by atoms with Gasteiger partial charge in [-0.25, -0.2) is 0 Å². The standard InChI is InChI=1S/C13H25NO2/c1-13(2)6-3-4-11(12(13)14)16-9-10-5-7-15-8-10/h10-12H,3-9,14H2,1-2H3. The summed E-state index contributed by atoms with van der Waals surface area (Å²) in [6.45, 7) is 7.10. The normalized spacial score (nSPS) is 38.8. The third-order valence-corrected chi connectivity index (χ3v) is 4.18. The highest BCUT2D eigenvalue weighted by molar-refractivity contribution is 4.92. The van der Waals surface area contributed by atoms with Crippen LogP contribution in [0.4, 0.5) is 0 Å². The van der Waals surface area contributed by atoms with Gasteiger partial charge >= 0.3 is 0 Å². The highest BCUT2D eigenvalue weighted by atomic mass is 16.5. The highest BCUT2D eigenvalue weighted by Gasteiger charge is 2.37. The third kappa shape index (κ3) is 2.76. The fraction of sp³-hybridized carbons (Fsp3) is 1.00. The second-order valence-corrected chi connectivity index (χ2v) is 6.01. The average molecular weight is 227 g/mol. The van der Waals surface area contributed by atoms with Crippen LogP contribution in [0.3, 0.4) is 0 Å². The van der Waals surface area contributed by atoms with Crippen molar-refractivity contribution >= 4 is 0 Å². The Kier molecular flexibility index (Phi) is 3.88. The van der Waals surface area contributed by atoms with Crippen LogP contribution in [-0.4, -0.2) is 32.0 Å². The molecule has 3 unspecified atom stereocenters. The molecular formula is C13H25NO2. The Bertz CT molecular complexity index is 224. The van der Waals surface area contributed by atoms with Gasteiger partial charge in [-0.2, -0.15) is 0 Å². The van der Waals surface area contributed by atoms with Gasteiger partial charge in [0.15, 0.2) is 0 Å². The SMILES string of the molecule is CC1(C)CCCC(OCC2CCOC2)C1N. The molecule has 1 saturated carbocycles. The minimum atomic E-state index is 0.184. The minimum absolute atomic E-state index is 0.184. The lowest BCUT2D eigenvalue weighted by atomic mass is 9.72. The number of hydrogen-bond donors (Lipinski definition) is 1. The molecule has 2 N–H and O–H groups in total. The number of rotatable bonds is 3. The lowest BCUT2D eigenvalue weighted by Crippen LogP contribution is -2.51. The van der Waals surface area contributed by atoms with Gasteiger partial charge in [-0.1, -0.05) is 20.3 Å². The molecule has 3 heteroatoms. The lowest BCUT2D eigenvalue weighted by Gasteiger charge is -2.41. The summed E-state index contributed by atoms with van der Waals surface area (Å²) in [6.07, 6.45) is 4.99. The number of nitrogens with two attached hydrogens (primary N) is 1.